The lowest BCUT2D eigenvalue weighted by Crippen LogP contribution is -2.11. The highest BCUT2D eigenvalue weighted by Gasteiger charge is 2.12. The van der Waals surface area contributed by atoms with Crippen LogP contribution in [0.2, 0.25) is 0 Å². The molecule has 1 aromatic rings. The zero-order valence-electron chi connectivity index (χ0n) is 10.2. The zero-order valence-corrected chi connectivity index (χ0v) is 10.2. The van der Waals surface area contributed by atoms with Crippen LogP contribution in [0.1, 0.15) is 12.0 Å². The quantitative estimate of drug-likeness (QED) is 0.670. The lowest BCUT2D eigenvalue weighted by molar-refractivity contribution is -0.119. The Labute approximate surface area is 105 Å². The van der Waals surface area contributed by atoms with E-state index in [2.05, 4.69) is 0 Å². The van der Waals surface area contributed by atoms with Crippen LogP contribution in [0.4, 0.5) is 8.78 Å². The fourth-order valence-electron chi connectivity index (χ4n) is 1.42. The summed E-state index contributed by atoms with van der Waals surface area (Å²) in [5.74, 6) is -1.64. The Morgan fingerprint density at radius 2 is 1.83 bits per heavy atom. The number of ketones is 1. The monoisotopic (exact) mass is 258 g/mol. The van der Waals surface area contributed by atoms with Crippen molar-refractivity contribution in [1.82, 2.24) is 0 Å². The van der Waals surface area contributed by atoms with E-state index in [0.29, 0.717) is 13.2 Å². The molecule has 0 heterocycles. The Kier molecular flexibility index (Phi) is 6.46. The summed E-state index contributed by atoms with van der Waals surface area (Å²) in [5.41, 5.74) is -0.181. The van der Waals surface area contributed by atoms with Crippen molar-refractivity contribution in [2.24, 2.45) is 0 Å². The molecule has 0 aliphatic carbocycles. The number of methoxy groups -OCH3 is 1. The maximum atomic E-state index is 13.3. The molecule has 0 spiro atoms. The number of halogens is 2. The van der Waals surface area contributed by atoms with Crippen LogP contribution >= 0.6 is 0 Å². The first-order chi connectivity index (χ1) is 8.65. The minimum atomic E-state index is -0.691. The Balaban J connectivity index is 2.36. The molecule has 0 unspecified atom stereocenters. The molecule has 0 amide bonds. The van der Waals surface area contributed by atoms with E-state index in [4.69, 9.17) is 9.47 Å². The van der Waals surface area contributed by atoms with Gasteiger partial charge in [0.05, 0.1) is 19.8 Å². The van der Waals surface area contributed by atoms with E-state index < -0.39 is 11.6 Å². The van der Waals surface area contributed by atoms with Crippen molar-refractivity contribution in [3.8, 4) is 0 Å². The first-order valence-electron chi connectivity index (χ1n) is 5.66. The highest BCUT2D eigenvalue weighted by Crippen LogP contribution is 2.13. The van der Waals surface area contributed by atoms with Crippen molar-refractivity contribution in [1.29, 1.82) is 0 Å². The van der Waals surface area contributed by atoms with Gasteiger partial charge in [0.15, 0.2) is 0 Å². The van der Waals surface area contributed by atoms with Gasteiger partial charge in [-0.25, -0.2) is 8.78 Å². The van der Waals surface area contributed by atoms with E-state index in [0.717, 1.165) is 12.1 Å². The second-order valence-electron chi connectivity index (χ2n) is 3.77. The molecule has 0 aromatic heterocycles. The highest BCUT2D eigenvalue weighted by atomic mass is 19.1. The van der Waals surface area contributed by atoms with Crippen molar-refractivity contribution in [2.45, 2.75) is 12.8 Å². The minimum absolute atomic E-state index is 0.136. The molecule has 100 valence electrons. The maximum Gasteiger partial charge on any atom is 0.139 e. The standard InChI is InChI=1S/C13H16F2O3/c1-17-7-8-18-6-5-10(16)9-11-12(14)3-2-4-13(11)15/h2-4H,5-9H2,1H3. The number of carbonyl (C=O) groups is 1. The van der Waals surface area contributed by atoms with Gasteiger partial charge in [-0.05, 0) is 12.1 Å². The number of rotatable bonds is 8. The molecule has 18 heavy (non-hydrogen) atoms. The predicted octanol–water partition coefficient (Wildman–Crippen LogP) is 2.13. The first-order valence-corrected chi connectivity index (χ1v) is 5.66. The predicted molar refractivity (Wildman–Crippen MR) is 62.4 cm³/mol. The van der Waals surface area contributed by atoms with Crippen molar-refractivity contribution in [3.05, 3.63) is 35.4 Å². The summed E-state index contributed by atoms with van der Waals surface area (Å²) >= 11 is 0. The fourth-order valence-corrected chi connectivity index (χ4v) is 1.42. The largest absolute Gasteiger partial charge is 0.382 e. The van der Waals surface area contributed by atoms with Gasteiger partial charge in [-0.15, -0.1) is 0 Å². The summed E-state index contributed by atoms with van der Waals surface area (Å²) in [5, 5.41) is 0. The Bertz CT molecular complexity index is 374. The molecule has 0 saturated carbocycles. The van der Waals surface area contributed by atoms with E-state index in [-0.39, 0.29) is 30.8 Å². The highest BCUT2D eigenvalue weighted by molar-refractivity contribution is 5.81. The molecule has 0 atom stereocenters. The molecule has 0 N–H and O–H groups in total. The first kappa shape index (κ1) is 14.7. The molecular formula is C13H16F2O3. The normalized spacial score (nSPS) is 10.6. The lowest BCUT2D eigenvalue weighted by atomic mass is 10.1. The van der Waals surface area contributed by atoms with Gasteiger partial charge >= 0.3 is 0 Å². The van der Waals surface area contributed by atoms with Crippen LogP contribution in [0.15, 0.2) is 18.2 Å². The summed E-state index contributed by atoms with van der Waals surface area (Å²) in [6.45, 7) is 1.09. The Hall–Kier alpha value is -1.33. The number of hydrogen-bond donors (Lipinski definition) is 0. The molecule has 0 aliphatic rings. The van der Waals surface area contributed by atoms with Crippen LogP contribution in [-0.2, 0) is 20.7 Å². The summed E-state index contributed by atoms with van der Waals surface area (Å²) in [4.78, 5) is 11.5. The molecule has 5 heteroatoms. The number of ether oxygens (including phenoxy) is 2. The average Bonchev–Trinajstić information content (AvgIpc) is 2.34. The van der Waals surface area contributed by atoms with Crippen LogP contribution in [0.25, 0.3) is 0 Å². The van der Waals surface area contributed by atoms with Gasteiger partial charge in [0, 0.05) is 25.5 Å². The number of carbonyl (C=O) groups excluding carboxylic acids is 1. The molecule has 3 nitrogen and oxygen atoms in total. The summed E-state index contributed by atoms with van der Waals surface area (Å²) < 4.78 is 36.4. The third kappa shape index (κ3) is 4.89. The van der Waals surface area contributed by atoms with Crippen molar-refractivity contribution < 1.29 is 23.0 Å². The molecule has 0 radical (unpaired) electrons. The van der Waals surface area contributed by atoms with Crippen molar-refractivity contribution in [3.63, 3.8) is 0 Å². The van der Waals surface area contributed by atoms with Gasteiger partial charge in [0.2, 0.25) is 0 Å². The third-order valence-electron chi connectivity index (χ3n) is 2.39. The average molecular weight is 258 g/mol. The smallest absolute Gasteiger partial charge is 0.139 e. The van der Waals surface area contributed by atoms with E-state index >= 15 is 0 Å². The Morgan fingerprint density at radius 3 is 2.44 bits per heavy atom. The fraction of sp³-hybridized carbons (Fsp3) is 0.462. The zero-order chi connectivity index (χ0) is 13.4. The van der Waals surface area contributed by atoms with Crippen LogP contribution in [-0.4, -0.2) is 32.7 Å². The van der Waals surface area contributed by atoms with E-state index in [1.165, 1.54) is 6.07 Å². The van der Waals surface area contributed by atoms with E-state index in [1.807, 2.05) is 0 Å². The van der Waals surface area contributed by atoms with Gasteiger partial charge in [0.25, 0.3) is 0 Å². The van der Waals surface area contributed by atoms with E-state index in [9.17, 15) is 13.6 Å². The maximum absolute atomic E-state index is 13.3. The second-order valence-corrected chi connectivity index (χ2v) is 3.77. The Morgan fingerprint density at radius 1 is 1.17 bits per heavy atom. The second kappa shape index (κ2) is 7.89. The molecule has 1 rings (SSSR count). The van der Waals surface area contributed by atoms with E-state index in [1.54, 1.807) is 7.11 Å². The minimum Gasteiger partial charge on any atom is -0.382 e. The van der Waals surface area contributed by atoms with Gasteiger partial charge in [-0.1, -0.05) is 6.07 Å². The summed E-state index contributed by atoms with van der Waals surface area (Å²) in [6, 6.07) is 3.55. The SMILES string of the molecule is COCCOCCC(=O)Cc1c(F)cccc1F. The van der Waals surface area contributed by atoms with Crippen molar-refractivity contribution in [2.75, 3.05) is 26.9 Å². The topological polar surface area (TPSA) is 35.5 Å². The van der Waals surface area contributed by atoms with Crippen LogP contribution in [0.3, 0.4) is 0 Å². The molecule has 1 aromatic carbocycles. The number of benzene rings is 1. The summed E-state index contributed by atoms with van der Waals surface area (Å²) in [7, 11) is 1.55. The molecule has 0 fully saturated rings. The van der Waals surface area contributed by atoms with Gasteiger partial charge in [0.1, 0.15) is 17.4 Å². The van der Waals surface area contributed by atoms with Crippen LogP contribution in [0, 0.1) is 11.6 Å². The molecule has 0 bridgehead atoms. The summed E-state index contributed by atoms with van der Waals surface area (Å²) in [6.07, 6.45) is -0.108. The van der Waals surface area contributed by atoms with Crippen molar-refractivity contribution >= 4 is 5.78 Å². The van der Waals surface area contributed by atoms with Gasteiger partial charge in [-0.3, -0.25) is 4.79 Å². The third-order valence-corrected chi connectivity index (χ3v) is 2.39. The van der Waals surface area contributed by atoms with Crippen LogP contribution < -0.4 is 0 Å². The lowest BCUT2D eigenvalue weighted by Gasteiger charge is -2.05. The number of Topliss-reactive ketones (excluding diaryl/α,β-unsaturated/α-hetero) is 1. The number of hydrogen-bond acceptors (Lipinski definition) is 3. The van der Waals surface area contributed by atoms with Gasteiger partial charge < -0.3 is 9.47 Å². The van der Waals surface area contributed by atoms with Crippen LogP contribution in [0.5, 0.6) is 0 Å². The molecule has 0 aliphatic heterocycles. The van der Waals surface area contributed by atoms with Gasteiger partial charge in [-0.2, -0.15) is 0 Å². The molecular weight excluding hydrogens is 242 g/mol. The molecule has 0 saturated heterocycles.